The van der Waals surface area contributed by atoms with Crippen molar-refractivity contribution in [3.63, 3.8) is 0 Å². The van der Waals surface area contributed by atoms with Gasteiger partial charge in [-0.2, -0.15) is 0 Å². The van der Waals surface area contributed by atoms with Gasteiger partial charge in [-0.3, -0.25) is 14.4 Å². The Hall–Kier alpha value is -2.84. The predicted molar refractivity (Wildman–Crippen MR) is 131 cm³/mol. The molecule has 1 aromatic heterocycles. The standard InChI is InChI=1S/C24H24ClFN3O5P/c1-14(30)18-12-28(21-10-16(35(33)34)7-8-17(18)21)13-22(31)29-9-3-6-20(29)24(32)27-11-15-4-2-5-19(25)23(15)26/h2,4-5,7-8,10,12,20,33-34H,3,6,9,11,13H2,1H3,(H,27,32). The van der Waals surface area contributed by atoms with E-state index >= 15 is 0 Å². The summed E-state index contributed by atoms with van der Waals surface area (Å²) < 4.78 is 15.7. The molecular weight excluding hydrogens is 496 g/mol. The van der Waals surface area contributed by atoms with Gasteiger partial charge in [0, 0.05) is 41.1 Å². The minimum absolute atomic E-state index is 0.0311. The normalized spacial score (nSPS) is 15.7. The Morgan fingerprint density at radius 3 is 2.71 bits per heavy atom. The zero-order valence-electron chi connectivity index (χ0n) is 18.9. The van der Waals surface area contributed by atoms with Crippen LogP contribution in [0.1, 0.15) is 35.7 Å². The zero-order chi connectivity index (χ0) is 25.3. The monoisotopic (exact) mass is 519 g/mol. The van der Waals surface area contributed by atoms with E-state index in [9.17, 15) is 28.6 Å². The highest BCUT2D eigenvalue weighted by Gasteiger charge is 2.34. The van der Waals surface area contributed by atoms with Crippen molar-refractivity contribution < 1.29 is 28.6 Å². The molecule has 1 aliphatic rings. The van der Waals surface area contributed by atoms with Gasteiger partial charge >= 0.3 is 0 Å². The second kappa shape index (κ2) is 10.4. The van der Waals surface area contributed by atoms with E-state index in [0.717, 1.165) is 0 Å². The van der Waals surface area contributed by atoms with Crippen molar-refractivity contribution in [3.8, 4) is 0 Å². The third-order valence-corrected chi connectivity index (χ3v) is 7.17. The summed E-state index contributed by atoms with van der Waals surface area (Å²) in [7, 11) is -2.34. The summed E-state index contributed by atoms with van der Waals surface area (Å²) in [6.45, 7) is 1.63. The highest BCUT2D eigenvalue weighted by molar-refractivity contribution is 7.54. The van der Waals surface area contributed by atoms with Gasteiger partial charge in [0.25, 0.3) is 0 Å². The molecular formula is C24H24ClFN3O5P. The lowest BCUT2D eigenvalue weighted by Crippen LogP contribution is -2.46. The molecule has 0 aliphatic carbocycles. The maximum absolute atomic E-state index is 14.1. The van der Waals surface area contributed by atoms with Gasteiger partial charge in [-0.15, -0.1) is 0 Å². The van der Waals surface area contributed by atoms with Crippen LogP contribution in [-0.4, -0.2) is 49.4 Å². The van der Waals surface area contributed by atoms with Crippen LogP contribution < -0.4 is 10.6 Å². The highest BCUT2D eigenvalue weighted by atomic mass is 35.5. The van der Waals surface area contributed by atoms with E-state index < -0.39 is 20.2 Å². The lowest BCUT2D eigenvalue weighted by molar-refractivity contribution is -0.138. The molecule has 2 amide bonds. The Kier molecular flexibility index (Phi) is 7.52. The third kappa shape index (κ3) is 5.23. The van der Waals surface area contributed by atoms with Gasteiger partial charge in [0.05, 0.1) is 10.5 Å². The van der Waals surface area contributed by atoms with Crippen LogP contribution in [0.15, 0.2) is 42.6 Å². The van der Waals surface area contributed by atoms with E-state index in [4.69, 9.17) is 11.6 Å². The fourth-order valence-corrected chi connectivity index (χ4v) is 5.02. The topological polar surface area (TPSA) is 112 Å². The molecule has 3 aromatic rings. The highest BCUT2D eigenvalue weighted by Crippen LogP contribution is 2.28. The first-order valence-electron chi connectivity index (χ1n) is 11.0. The number of carbonyl (C=O) groups excluding carboxylic acids is 3. The van der Waals surface area contributed by atoms with Crippen molar-refractivity contribution in [1.82, 2.24) is 14.8 Å². The SMILES string of the molecule is CC(=O)c1cn(CC(=O)N2CCCC2C(=O)NCc2cccc(Cl)c2F)c2cc(P(O)O)ccc12. The average Bonchev–Trinajstić information content (AvgIpc) is 3.45. The van der Waals surface area contributed by atoms with Crippen molar-refractivity contribution in [3.05, 3.63) is 64.6 Å². The Morgan fingerprint density at radius 2 is 2.00 bits per heavy atom. The number of likely N-dealkylation sites (tertiary alicyclic amines) is 1. The number of halogens is 2. The number of Topliss-reactive ketones (excluding diaryl/α,β-unsaturated/α-hetero) is 1. The van der Waals surface area contributed by atoms with Gasteiger partial charge in [-0.1, -0.05) is 29.8 Å². The Balaban J connectivity index is 1.52. The molecule has 4 rings (SSSR count). The molecule has 0 radical (unpaired) electrons. The molecule has 8 nitrogen and oxygen atoms in total. The number of amides is 2. The van der Waals surface area contributed by atoms with Crippen LogP contribution in [0, 0.1) is 5.82 Å². The molecule has 1 saturated heterocycles. The van der Waals surface area contributed by atoms with Gasteiger partial charge in [0.15, 0.2) is 14.2 Å². The first-order chi connectivity index (χ1) is 16.7. The first kappa shape index (κ1) is 25.3. The molecule has 184 valence electrons. The number of aromatic nitrogens is 1. The van der Waals surface area contributed by atoms with Crippen LogP contribution in [0.3, 0.4) is 0 Å². The lowest BCUT2D eigenvalue weighted by atomic mass is 10.1. The predicted octanol–water partition coefficient (Wildman–Crippen LogP) is 2.87. The van der Waals surface area contributed by atoms with Crippen LogP contribution in [0.25, 0.3) is 10.9 Å². The maximum Gasteiger partial charge on any atom is 0.243 e. The number of nitrogens with zero attached hydrogens (tertiary/aromatic N) is 2. The maximum atomic E-state index is 14.1. The summed E-state index contributed by atoms with van der Waals surface area (Å²) in [5.41, 5.74) is 1.19. The molecule has 2 aromatic carbocycles. The van der Waals surface area contributed by atoms with E-state index in [1.807, 2.05) is 0 Å². The molecule has 0 saturated carbocycles. The van der Waals surface area contributed by atoms with Crippen molar-refractivity contribution in [2.45, 2.75) is 38.9 Å². The van der Waals surface area contributed by atoms with Crippen molar-refractivity contribution >= 4 is 53.8 Å². The summed E-state index contributed by atoms with van der Waals surface area (Å²) in [5, 5.41) is 3.55. The number of nitrogens with one attached hydrogen (secondary N) is 1. The van der Waals surface area contributed by atoms with Crippen molar-refractivity contribution in [2.75, 3.05) is 6.54 Å². The second-order valence-corrected chi connectivity index (χ2v) is 9.90. The summed E-state index contributed by atoms with van der Waals surface area (Å²) in [6.07, 6.45) is 2.69. The molecule has 1 atom stereocenters. The van der Waals surface area contributed by atoms with Crippen LogP contribution in [0.2, 0.25) is 5.02 Å². The van der Waals surface area contributed by atoms with Crippen molar-refractivity contribution in [1.29, 1.82) is 0 Å². The van der Waals surface area contributed by atoms with E-state index in [2.05, 4.69) is 5.32 Å². The number of ketones is 1. The molecule has 0 bridgehead atoms. The second-order valence-electron chi connectivity index (χ2n) is 8.39. The average molecular weight is 520 g/mol. The van der Waals surface area contributed by atoms with Gasteiger partial charge in [-0.25, -0.2) is 4.39 Å². The van der Waals surface area contributed by atoms with E-state index in [-0.39, 0.29) is 41.3 Å². The van der Waals surface area contributed by atoms with Gasteiger partial charge < -0.3 is 24.6 Å². The Bertz CT molecular complexity index is 1310. The van der Waals surface area contributed by atoms with Crippen LogP contribution in [0.4, 0.5) is 4.39 Å². The third-order valence-electron chi connectivity index (χ3n) is 6.14. The van der Waals surface area contributed by atoms with Crippen molar-refractivity contribution in [2.24, 2.45) is 0 Å². The smallest absolute Gasteiger partial charge is 0.243 e. The van der Waals surface area contributed by atoms with Crippen LogP contribution in [-0.2, 0) is 22.7 Å². The van der Waals surface area contributed by atoms with Crippen LogP contribution in [0.5, 0.6) is 0 Å². The molecule has 1 aliphatic heterocycles. The quantitative estimate of drug-likeness (QED) is 0.328. The zero-order valence-corrected chi connectivity index (χ0v) is 20.5. The number of hydrogen-bond acceptors (Lipinski definition) is 5. The van der Waals surface area contributed by atoms with E-state index in [0.29, 0.717) is 41.2 Å². The molecule has 1 fully saturated rings. The minimum Gasteiger partial charge on any atom is -0.350 e. The first-order valence-corrected chi connectivity index (χ1v) is 12.6. The minimum atomic E-state index is -2.34. The largest absolute Gasteiger partial charge is 0.350 e. The fraction of sp³-hybridized carbons (Fsp3) is 0.292. The van der Waals surface area contributed by atoms with E-state index in [1.54, 1.807) is 29.0 Å². The summed E-state index contributed by atoms with van der Waals surface area (Å²) in [4.78, 5) is 58.9. The molecule has 35 heavy (non-hydrogen) atoms. The number of fused-ring (bicyclic) bond motifs is 1. The summed E-state index contributed by atoms with van der Waals surface area (Å²) in [5.74, 6) is -1.48. The summed E-state index contributed by atoms with van der Waals surface area (Å²) >= 11 is 5.80. The molecule has 11 heteroatoms. The van der Waals surface area contributed by atoms with Crippen LogP contribution >= 0.6 is 20.0 Å². The lowest BCUT2D eigenvalue weighted by Gasteiger charge is -2.24. The molecule has 1 unspecified atom stereocenters. The fourth-order valence-electron chi connectivity index (χ4n) is 4.38. The molecule has 0 spiro atoms. The molecule has 3 N–H and O–H groups in total. The Morgan fingerprint density at radius 1 is 1.23 bits per heavy atom. The molecule has 2 heterocycles. The van der Waals surface area contributed by atoms with Gasteiger partial charge in [-0.05, 0) is 38.0 Å². The summed E-state index contributed by atoms with van der Waals surface area (Å²) in [6, 6.07) is 8.57. The number of carbonyl (C=O) groups is 3. The van der Waals surface area contributed by atoms with E-state index in [1.165, 1.54) is 30.0 Å². The Labute approximate surface area is 207 Å². The number of benzene rings is 2. The number of rotatable bonds is 7. The number of hydrogen-bond donors (Lipinski definition) is 3. The van der Waals surface area contributed by atoms with Gasteiger partial charge in [0.2, 0.25) is 11.8 Å². The van der Waals surface area contributed by atoms with Gasteiger partial charge in [0.1, 0.15) is 18.4 Å².